The first-order chi connectivity index (χ1) is 14.7. The molecule has 0 bridgehead atoms. The molecule has 0 aliphatic carbocycles. The Bertz CT molecular complexity index is 594. The molecule has 0 radical (unpaired) electrons. The van der Waals surface area contributed by atoms with E-state index in [4.69, 9.17) is 65.0 Å². The molecule has 2 saturated heterocycles. The van der Waals surface area contributed by atoms with E-state index in [2.05, 4.69) is 27.7 Å². The zero-order chi connectivity index (χ0) is 26.4. The van der Waals surface area contributed by atoms with Gasteiger partial charge in [0.15, 0.2) is 0 Å². The summed E-state index contributed by atoms with van der Waals surface area (Å²) in [6.07, 6.45) is 2.88. The van der Waals surface area contributed by atoms with Gasteiger partial charge in [-0.3, -0.25) is 0 Å². The van der Waals surface area contributed by atoms with E-state index in [0.717, 1.165) is 6.42 Å². The van der Waals surface area contributed by atoms with Crippen LogP contribution in [0.4, 0.5) is 0 Å². The van der Waals surface area contributed by atoms with Gasteiger partial charge in [0.1, 0.15) is 0 Å². The van der Waals surface area contributed by atoms with Gasteiger partial charge in [-0.05, 0) is 73.6 Å². The molecule has 4 nitrogen and oxygen atoms in total. The lowest BCUT2D eigenvalue weighted by atomic mass is 9.80. The summed E-state index contributed by atoms with van der Waals surface area (Å²) < 4.78 is 23.4. The number of rotatable bonds is 5. The number of halogens is 4. The third-order valence-electron chi connectivity index (χ3n) is 6.23. The number of hydrogen-bond donors (Lipinski definition) is 0. The lowest BCUT2D eigenvalue weighted by Gasteiger charge is -2.32. The van der Waals surface area contributed by atoms with Crippen LogP contribution in [0.3, 0.4) is 0 Å². The predicted molar refractivity (Wildman–Crippen MR) is 153 cm³/mol. The van der Waals surface area contributed by atoms with E-state index in [9.17, 15) is 0 Å². The Morgan fingerprint density at radius 1 is 0.765 bits per heavy atom. The number of allylic oxidation sites excluding steroid dienone is 1. The van der Waals surface area contributed by atoms with Gasteiger partial charge in [0.2, 0.25) is 0 Å². The maximum Gasteiger partial charge on any atom is 0.506 e. The predicted octanol–water partition coefficient (Wildman–Crippen LogP) is 8.73. The average Bonchev–Trinajstić information content (AvgIpc) is 2.95. The fourth-order valence-corrected chi connectivity index (χ4v) is 3.75. The van der Waals surface area contributed by atoms with E-state index in [1.54, 1.807) is 0 Å². The minimum atomic E-state index is -0.418. The summed E-state index contributed by atoms with van der Waals surface area (Å²) in [5.74, 6) is 0.961. The molecule has 0 aromatic carbocycles. The lowest BCUT2D eigenvalue weighted by Crippen LogP contribution is -2.41. The molecule has 0 aromatic heterocycles. The van der Waals surface area contributed by atoms with Crippen molar-refractivity contribution in [2.75, 3.05) is 5.34 Å². The second kappa shape index (κ2) is 14.7. The molecule has 0 saturated carbocycles. The van der Waals surface area contributed by atoms with Crippen LogP contribution in [0.1, 0.15) is 96.9 Å². The standard InChI is InChI=1S/C11H22BClO2.C11H20BClO2.CH2Cl2.CH4/c2*1-8(2)7-9(13)12-14-10(3,4)11(5,6)15-12;2-1-3;/h8-9H,7H2,1-6H3;7-8H,1-6H3;1H2;1H4/b;9-7+;;/t9-;;;/m1.../s1. The lowest BCUT2D eigenvalue weighted by molar-refractivity contribution is 0.00578. The summed E-state index contributed by atoms with van der Waals surface area (Å²) >= 11 is 22.0. The molecule has 2 rings (SSSR count). The largest absolute Gasteiger partial charge is 0.506 e. The molecule has 2 aliphatic rings. The molecule has 0 unspecified atom stereocenters. The Balaban J connectivity index is 0. The van der Waals surface area contributed by atoms with E-state index in [-0.39, 0.29) is 47.6 Å². The maximum atomic E-state index is 6.29. The summed E-state index contributed by atoms with van der Waals surface area (Å²) in [6, 6.07) is 0. The Kier molecular flexibility index (Phi) is 16.0. The van der Waals surface area contributed by atoms with Gasteiger partial charge < -0.3 is 18.6 Å². The van der Waals surface area contributed by atoms with Gasteiger partial charge in [0, 0.05) is 4.93 Å². The highest BCUT2D eigenvalue weighted by atomic mass is 35.5. The number of hydrogen-bond acceptors (Lipinski definition) is 4. The van der Waals surface area contributed by atoms with Crippen molar-refractivity contribution in [3.8, 4) is 0 Å². The Morgan fingerprint density at radius 3 is 1.38 bits per heavy atom. The highest BCUT2D eigenvalue weighted by Gasteiger charge is 2.54. The van der Waals surface area contributed by atoms with Gasteiger partial charge >= 0.3 is 14.2 Å². The van der Waals surface area contributed by atoms with Gasteiger partial charge in [-0.25, -0.2) is 0 Å². The van der Waals surface area contributed by atoms with Crippen LogP contribution < -0.4 is 0 Å². The first kappa shape index (κ1) is 37.0. The van der Waals surface area contributed by atoms with Crippen LogP contribution >= 0.6 is 46.4 Å². The first-order valence-electron chi connectivity index (χ1n) is 11.6. The smallest absolute Gasteiger partial charge is 0.402 e. The first-order valence-corrected chi connectivity index (χ1v) is 13.5. The van der Waals surface area contributed by atoms with Crippen LogP contribution in [0.15, 0.2) is 11.0 Å². The van der Waals surface area contributed by atoms with Gasteiger partial charge in [0.25, 0.3) is 0 Å². The third kappa shape index (κ3) is 11.1. The monoisotopic (exact) mass is 562 g/mol. The minimum Gasteiger partial charge on any atom is -0.402 e. The van der Waals surface area contributed by atoms with Crippen LogP contribution in [-0.2, 0) is 18.6 Å². The summed E-state index contributed by atoms with van der Waals surface area (Å²) in [4.78, 5) is 0.642. The summed E-state index contributed by atoms with van der Waals surface area (Å²) in [5.41, 5.74) is -1.19. The van der Waals surface area contributed by atoms with Crippen molar-refractivity contribution in [2.24, 2.45) is 11.8 Å². The zero-order valence-electron chi connectivity index (χ0n) is 22.5. The second-order valence-corrected chi connectivity index (χ2v) is 13.1. The molecule has 0 aromatic rings. The van der Waals surface area contributed by atoms with Crippen LogP contribution in [0.2, 0.25) is 0 Å². The zero-order valence-corrected chi connectivity index (χ0v) is 25.5. The molecule has 2 heterocycles. The quantitative estimate of drug-likeness (QED) is 0.247. The molecule has 2 fully saturated rings. The van der Waals surface area contributed by atoms with Crippen molar-refractivity contribution in [1.82, 2.24) is 0 Å². The van der Waals surface area contributed by atoms with Crippen LogP contribution in [-0.4, -0.2) is 47.3 Å². The van der Waals surface area contributed by atoms with E-state index in [1.165, 1.54) is 0 Å². The maximum absolute atomic E-state index is 6.29. The molecule has 1 atom stereocenters. The molecule has 202 valence electrons. The van der Waals surface area contributed by atoms with Crippen molar-refractivity contribution in [3.63, 3.8) is 0 Å². The molecular formula is C24H48B2Cl4O4. The topological polar surface area (TPSA) is 36.9 Å². The third-order valence-corrected chi connectivity index (χ3v) is 6.92. The Hall–Kier alpha value is 0.870. The van der Waals surface area contributed by atoms with E-state index in [1.807, 2.05) is 61.5 Å². The molecule has 0 amide bonds. The van der Waals surface area contributed by atoms with Crippen LogP contribution in [0.25, 0.3) is 0 Å². The SMILES string of the molecule is C.CC(C)/C=C(/Cl)B1OC(C)(C)C(C)(C)O1.CC(C)C[C@@H](Cl)B1OC(C)(C)C(C)(C)O1.ClCCl. The highest BCUT2D eigenvalue weighted by Crippen LogP contribution is 2.40. The van der Waals surface area contributed by atoms with Crippen molar-refractivity contribution in [2.45, 2.75) is 125 Å². The molecule has 2 aliphatic heterocycles. The fraction of sp³-hybridized carbons (Fsp3) is 0.917. The summed E-state index contributed by atoms with van der Waals surface area (Å²) in [7, 11) is -0.696. The van der Waals surface area contributed by atoms with Crippen LogP contribution in [0.5, 0.6) is 0 Å². The molecular weight excluding hydrogens is 516 g/mol. The second-order valence-electron chi connectivity index (χ2n) is 11.3. The van der Waals surface area contributed by atoms with Crippen molar-refractivity contribution < 1.29 is 18.6 Å². The minimum absolute atomic E-state index is 0. The molecule has 10 heteroatoms. The Labute approximate surface area is 231 Å². The summed E-state index contributed by atoms with van der Waals surface area (Å²) in [6.45, 7) is 24.7. The van der Waals surface area contributed by atoms with Crippen LogP contribution in [0, 0.1) is 11.8 Å². The van der Waals surface area contributed by atoms with Gasteiger partial charge in [0.05, 0.1) is 33.0 Å². The number of alkyl halides is 3. The average molecular weight is 564 g/mol. The normalized spacial score (nSPS) is 23.1. The van der Waals surface area contributed by atoms with E-state index in [0.29, 0.717) is 16.8 Å². The molecule has 0 spiro atoms. The molecule has 0 N–H and O–H groups in total. The van der Waals surface area contributed by atoms with Gasteiger partial charge in [-0.2, -0.15) is 0 Å². The van der Waals surface area contributed by atoms with Gasteiger partial charge in [-0.15, -0.1) is 34.8 Å². The summed E-state index contributed by atoms with van der Waals surface area (Å²) in [5, 5.41) is 0.131. The highest BCUT2D eigenvalue weighted by molar-refractivity contribution is 6.69. The van der Waals surface area contributed by atoms with Crippen molar-refractivity contribution in [3.05, 3.63) is 11.0 Å². The van der Waals surface area contributed by atoms with E-state index < -0.39 is 7.12 Å². The van der Waals surface area contributed by atoms with Crippen molar-refractivity contribution >= 4 is 60.6 Å². The van der Waals surface area contributed by atoms with E-state index >= 15 is 0 Å². The molecule has 34 heavy (non-hydrogen) atoms. The van der Waals surface area contributed by atoms with Crippen molar-refractivity contribution in [1.29, 1.82) is 0 Å². The fourth-order valence-electron chi connectivity index (χ4n) is 2.95. The van der Waals surface area contributed by atoms with Gasteiger partial charge in [-0.1, -0.05) is 52.8 Å². The Morgan fingerprint density at radius 2 is 1.09 bits per heavy atom.